The summed E-state index contributed by atoms with van der Waals surface area (Å²) < 4.78 is 23.9. The van der Waals surface area contributed by atoms with E-state index in [1.165, 1.54) is 0 Å². The normalized spacial score (nSPS) is 10.1. The first kappa shape index (κ1) is 8.81. The van der Waals surface area contributed by atoms with Gasteiger partial charge in [0.25, 0.3) is 6.08 Å². The number of rotatable bonds is 1. The minimum atomic E-state index is -1.73. The summed E-state index contributed by atoms with van der Waals surface area (Å²) in [4.78, 5) is 4.06. The van der Waals surface area contributed by atoms with Crippen molar-refractivity contribution in [3.63, 3.8) is 0 Å². The maximum atomic E-state index is 11.9. The molecule has 0 amide bonds. The molecule has 0 fully saturated rings. The number of pyridine rings is 1. The minimum Gasteiger partial charge on any atom is -0.248 e. The van der Waals surface area contributed by atoms with Crippen LogP contribution in [0.5, 0.6) is 0 Å². The first-order valence-electron chi connectivity index (χ1n) is 4.14. The molecule has 0 saturated carbocycles. The van der Waals surface area contributed by atoms with E-state index >= 15 is 0 Å². The van der Waals surface area contributed by atoms with Crippen LogP contribution in [-0.4, -0.2) is 4.98 Å². The highest BCUT2D eigenvalue weighted by Gasteiger charge is 1.96. The van der Waals surface area contributed by atoms with Crippen LogP contribution < -0.4 is 0 Å². The summed E-state index contributed by atoms with van der Waals surface area (Å²) in [6.45, 7) is 0. The van der Waals surface area contributed by atoms with Crippen molar-refractivity contribution in [2.45, 2.75) is 0 Å². The molecule has 0 N–H and O–H groups in total. The van der Waals surface area contributed by atoms with Crippen molar-refractivity contribution in [1.29, 1.82) is 0 Å². The SMILES string of the molecule is FC(F)=Cc1ccc2ccccc2n1. The Morgan fingerprint density at radius 1 is 1.07 bits per heavy atom. The summed E-state index contributed by atoms with van der Waals surface area (Å²) in [7, 11) is 0. The maximum Gasteiger partial charge on any atom is 0.272 e. The Morgan fingerprint density at radius 3 is 2.64 bits per heavy atom. The predicted octanol–water partition coefficient (Wildman–Crippen LogP) is 3.47. The standard InChI is InChI=1S/C11H7F2N/c12-11(13)7-9-6-5-8-3-1-2-4-10(8)14-9/h1-7H. The van der Waals surface area contributed by atoms with E-state index < -0.39 is 6.08 Å². The molecule has 0 aliphatic rings. The van der Waals surface area contributed by atoms with E-state index in [1.54, 1.807) is 18.2 Å². The second-order valence-electron chi connectivity index (χ2n) is 2.86. The molecule has 0 aliphatic carbocycles. The van der Waals surface area contributed by atoms with Gasteiger partial charge in [0.15, 0.2) is 0 Å². The maximum absolute atomic E-state index is 11.9. The van der Waals surface area contributed by atoms with Crippen LogP contribution in [0.25, 0.3) is 17.0 Å². The van der Waals surface area contributed by atoms with Crippen molar-refractivity contribution in [3.8, 4) is 0 Å². The van der Waals surface area contributed by atoms with E-state index in [0.717, 1.165) is 17.0 Å². The van der Waals surface area contributed by atoms with E-state index in [-0.39, 0.29) is 5.69 Å². The fraction of sp³-hybridized carbons (Fsp3) is 0. The van der Waals surface area contributed by atoms with Crippen molar-refractivity contribution in [2.75, 3.05) is 0 Å². The van der Waals surface area contributed by atoms with Gasteiger partial charge in [-0.15, -0.1) is 0 Å². The average molecular weight is 191 g/mol. The lowest BCUT2D eigenvalue weighted by molar-refractivity contribution is 0.429. The molecule has 14 heavy (non-hydrogen) atoms. The van der Waals surface area contributed by atoms with Gasteiger partial charge in [-0.3, -0.25) is 0 Å². The zero-order chi connectivity index (χ0) is 9.97. The molecule has 0 bridgehead atoms. The second-order valence-corrected chi connectivity index (χ2v) is 2.86. The number of hydrogen-bond acceptors (Lipinski definition) is 1. The Hall–Kier alpha value is -1.77. The smallest absolute Gasteiger partial charge is 0.248 e. The summed E-state index contributed by atoms with van der Waals surface area (Å²) in [5.74, 6) is 0. The molecular formula is C11H7F2N. The highest BCUT2D eigenvalue weighted by atomic mass is 19.3. The summed E-state index contributed by atoms with van der Waals surface area (Å²) in [6, 6.07) is 10.7. The number of benzene rings is 1. The van der Waals surface area contributed by atoms with Crippen LogP contribution in [0.2, 0.25) is 0 Å². The largest absolute Gasteiger partial charge is 0.272 e. The molecule has 0 unspecified atom stereocenters. The van der Waals surface area contributed by atoms with Gasteiger partial charge in [0.2, 0.25) is 0 Å². The number of fused-ring (bicyclic) bond motifs is 1. The van der Waals surface area contributed by atoms with E-state index in [0.29, 0.717) is 0 Å². The summed E-state index contributed by atoms with van der Waals surface area (Å²) in [5.41, 5.74) is 1.01. The van der Waals surface area contributed by atoms with Gasteiger partial charge in [-0.05, 0) is 12.1 Å². The second kappa shape index (κ2) is 3.54. The Bertz CT molecular complexity index is 487. The van der Waals surface area contributed by atoms with E-state index in [2.05, 4.69) is 4.98 Å². The fourth-order valence-electron chi connectivity index (χ4n) is 1.27. The summed E-state index contributed by atoms with van der Waals surface area (Å²) in [6.07, 6.45) is -0.973. The number of para-hydroxylation sites is 1. The van der Waals surface area contributed by atoms with E-state index in [4.69, 9.17) is 0 Å². The van der Waals surface area contributed by atoms with Crippen molar-refractivity contribution in [3.05, 3.63) is 48.2 Å². The molecule has 70 valence electrons. The molecule has 1 heterocycles. The summed E-state index contributed by atoms with van der Waals surface area (Å²) >= 11 is 0. The Balaban J connectivity index is 2.57. The van der Waals surface area contributed by atoms with Gasteiger partial charge < -0.3 is 0 Å². The van der Waals surface area contributed by atoms with E-state index in [9.17, 15) is 8.78 Å². The van der Waals surface area contributed by atoms with Gasteiger partial charge in [0, 0.05) is 11.5 Å². The average Bonchev–Trinajstić information content (AvgIpc) is 2.17. The monoisotopic (exact) mass is 191 g/mol. The van der Waals surface area contributed by atoms with Gasteiger partial charge >= 0.3 is 0 Å². The number of aromatic nitrogens is 1. The molecule has 0 radical (unpaired) electrons. The van der Waals surface area contributed by atoms with Crippen LogP contribution in [0.4, 0.5) is 8.78 Å². The number of halogens is 2. The van der Waals surface area contributed by atoms with Gasteiger partial charge in [-0.1, -0.05) is 24.3 Å². The van der Waals surface area contributed by atoms with Crippen LogP contribution in [0.3, 0.4) is 0 Å². The van der Waals surface area contributed by atoms with Crippen LogP contribution >= 0.6 is 0 Å². The molecule has 0 aliphatic heterocycles. The van der Waals surface area contributed by atoms with Gasteiger partial charge in [-0.25, -0.2) is 4.98 Å². The van der Waals surface area contributed by atoms with Crippen molar-refractivity contribution in [1.82, 2.24) is 4.98 Å². The quantitative estimate of drug-likeness (QED) is 0.672. The molecule has 3 heteroatoms. The lowest BCUT2D eigenvalue weighted by atomic mass is 10.2. The molecule has 0 saturated heterocycles. The van der Waals surface area contributed by atoms with Crippen molar-refractivity contribution in [2.24, 2.45) is 0 Å². The van der Waals surface area contributed by atoms with Crippen molar-refractivity contribution < 1.29 is 8.78 Å². The van der Waals surface area contributed by atoms with Crippen molar-refractivity contribution >= 4 is 17.0 Å². The predicted molar refractivity (Wildman–Crippen MR) is 51.9 cm³/mol. The van der Waals surface area contributed by atoms with Gasteiger partial charge in [0.1, 0.15) is 0 Å². The van der Waals surface area contributed by atoms with E-state index in [1.807, 2.05) is 18.2 Å². The molecule has 1 aromatic heterocycles. The van der Waals surface area contributed by atoms with Gasteiger partial charge in [-0.2, -0.15) is 8.78 Å². The van der Waals surface area contributed by atoms with Crippen LogP contribution in [0, 0.1) is 0 Å². The fourth-order valence-corrected chi connectivity index (χ4v) is 1.27. The molecular weight excluding hydrogens is 184 g/mol. The lowest BCUT2D eigenvalue weighted by Gasteiger charge is -1.97. The molecule has 1 aromatic carbocycles. The highest BCUT2D eigenvalue weighted by Crippen LogP contribution is 2.14. The molecule has 1 nitrogen and oxygen atoms in total. The van der Waals surface area contributed by atoms with Gasteiger partial charge in [0.05, 0.1) is 11.2 Å². The lowest BCUT2D eigenvalue weighted by Crippen LogP contribution is -1.82. The minimum absolute atomic E-state index is 0.281. The first-order chi connectivity index (χ1) is 6.75. The highest BCUT2D eigenvalue weighted by molar-refractivity contribution is 5.79. The first-order valence-corrected chi connectivity index (χ1v) is 4.14. The summed E-state index contributed by atoms with van der Waals surface area (Å²) in [5, 5.41) is 0.948. The zero-order valence-corrected chi connectivity index (χ0v) is 7.24. The van der Waals surface area contributed by atoms with Crippen LogP contribution in [0.15, 0.2) is 42.5 Å². The number of hydrogen-bond donors (Lipinski definition) is 0. The third kappa shape index (κ3) is 1.76. The third-order valence-electron chi connectivity index (χ3n) is 1.88. The Labute approximate surface area is 79.7 Å². The topological polar surface area (TPSA) is 12.9 Å². The van der Waals surface area contributed by atoms with Crippen LogP contribution in [0.1, 0.15) is 5.69 Å². The molecule has 0 atom stereocenters. The Morgan fingerprint density at radius 2 is 1.86 bits per heavy atom. The van der Waals surface area contributed by atoms with Crippen LogP contribution in [-0.2, 0) is 0 Å². The molecule has 2 rings (SSSR count). The molecule has 2 aromatic rings. The Kier molecular flexibility index (Phi) is 2.23. The zero-order valence-electron chi connectivity index (χ0n) is 7.24. The third-order valence-corrected chi connectivity index (χ3v) is 1.88. The molecule has 0 spiro atoms. The number of nitrogens with zero attached hydrogens (tertiary/aromatic N) is 1.